The van der Waals surface area contributed by atoms with Gasteiger partial charge in [0.15, 0.2) is 0 Å². The third-order valence-corrected chi connectivity index (χ3v) is 3.29. The van der Waals surface area contributed by atoms with E-state index >= 15 is 0 Å². The molecule has 15 heavy (non-hydrogen) atoms. The summed E-state index contributed by atoms with van der Waals surface area (Å²) in [7, 11) is 0. The van der Waals surface area contributed by atoms with Gasteiger partial charge in [0.25, 0.3) is 0 Å². The summed E-state index contributed by atoms with van der Waals surface area (Å²) in [5.41, 5.74) is 0.904. The summed E-state index contributed by atoms with van der Waals surface area (Å²) < 4.78 is 0. The highest BCUT2D eigenvalue weighted by Crippen LogP contribution is 2.17. The number of thiophene rings is 1. The summed E-state index contributed by atoms with van der Waals surface area (Å²) in [6.07, 6.45) is 5.90. The van der Waals surface area contributed by atoms with Crippen LogP contribution in [0.25, 0.3) is 0 Å². The molecule has 1 aliphatic rings. The minimum Gasteiger partial charge on any atom is -0.388 e. The number of hydrogen-bond donors (Lipinski definition) is 1. The van der Waals surface area contributed by atoms with E-state index in [0.717, 1.165) is 29.7 Å². The lowest BCUT2D eigenvalue weighted by molar-refractivity contribution is 0.204. The molecule has 0 spiro atoms. The molecule has 0 saturated carbocycles. The molecule has 1 nitrogen and oxygen atoms in total. The zero-order chi connectivity index (χ0) is 10.5. The van der Waals surface area contributed by atoms with Crippen LogP contribution in [0.5, 0.6) is 0 Å². The highest BCUT2D eigenvalue weighted by atomic mass is 32.1. The van der Waals surface area contributed by atoms with Crippen molar-refractivity contribution in [3.8, 4) is 11.8 Å². The standard InChI is InChI=1S/C13H14OS/c14-13-7-3-1-2-5-11(13)8-9-12-6-4-10-15-12/h4-6,10,13-14H,1-3,7H2. The number of rotatable bonds is 0. The predicted molar refractivity (Wildman–Crippen MR) is 63.8 cm³/mol. The first-order valence-electron chi connectivity index (χ1n) is 5.30. The Labute approximate surface area is 94.5 Å². The smallest absolute Gasteiger partial charge is 0.0864 e. The van der Waals surface area contributed by atoms with Crippen LogP contribution >= 0.6 is 11.3 Å². The average molecular weight is 218 g/mol. The maximum atomic E-state index is 9.81. The molecule has 2 heteroatoms. The van der Waals surface area contributed by atoms with Gasteiger partial charge in [-0.2, -0.15) is 0 Å². The molecule has 1 atom stereocenters. The first-order valence-corrected chi connectivity index (χ1v) is 6.18. The van der Waals surface area contributed by atoms with E-state index in [4.69, 9.17) is 0 Å². The summed E-state index contributed by atoms with van der Waals surface area (Å²) in [6, 6.07) is 3.99. The van der Waals surface area contributed by atoms with Crippen LogP contribution in [0.15, 0.2) is 29.2 Å². The Morgan fingerprint density at radius 2 is 2.27 bits per heavy atom. The van der Waals surface area contributed by atoms with Crippen molar-refractivity contribution in [3.05, 3.63) is 34.0 Å². The van der Waals surface area contributed by atoms with Crippen molar-refractivity contribution in [1.29, 1.82) is 0 Å². The number of aliphatic hydroxyl groups excluding tert-OH is 1. The topological polar surface area (TPSA) is 20.2 Å². The highest BCUT2D eigenvalue weighted by molar-refractivity contribution is 7.10. The van der Waals surface area contributed by atoms with Gasteiger partial charge < -0.3 is 5.11 Å². The van der Waals surface area contributed by atoms with Gasteiger partial charge in [-0.1, -0.05) is 30.4 Å². The van der Waals surface area contributed by atoms with Crippen LogP contribution in [-0.2, 0) is 0 Å². The molecule has 0 amide bonds. The van der Waals surface area contributed by atoms with E-state index in [1.165, 1.54) is 6.42 Å². The van der Waals surface area contributed by atoms with Gasteiger partial charge in [-0.15, -0.1) is 11.3 Å². The molecule has 0 bridgehead atoms. The van der Waals surface area contributed by atoms with E-state index in [1.807, 2.05) is 17.5 Å². The Kier molecular flexibility index (Phi) is 3.60. The minimum absolute atomic E-state index is 0.347. The van der Waals surface area contributed by atoms with E-state index in [9.17, 15) is 5.11 Å². The van der Waals surface area contributed by atoms with Crippen molar-refractivity contribution in [1.82, 2.24) is 0 Å². The summed E-state index contributed by atoms with van der Waals surface area (Å²) >= 11 is 1.64. The lowest BCUT2D eigenvalue weighted by atomic mass is 10.1. The van der Waals surface area contributed by atoms with Crippen LogP contribution in [0.2, 0.25) is 0 Å². The summed E-state index contributed by atoms with van der Waals surface area (Å²) in [5.74, 6) is 6.18. The van der Waals surface area contributed by atoms with Crippen LogP contribution in [0.3, 0.4) is 0 Å². The summed E-state index contributed by atoms with van der Waals surface area (Å²) in [5, 5.41) is 11.8. The van der Waals surface area contributed by atoms with Crippen LogP contribution in [0, 0.1) is 11.8 Å². The molecule has 1 N–H and O–H groups in total. The molecule has 1 unspecified atom stereocenters. The van der Waals surface area contributed by atoms with Crippen molar-refractivity contribution in [2.24, 2.45) is 0 Å². The molecule has 1 aliphatic carbocycles. The molecule has 1 aromatic rings. The Balaban J connectivity index is 2.12. The normalized spacial score (nSPS) is 21.1. The lowest BCUT2D eigenvalue weighted by Crippen LogP contribution is -2.07. The third-order valence-electron chi connectivity index (χ3n) is 2.51. The fourth-order valence-electron chi connectivity index (χ4n) is 1.65. The molecular weight excluding hydrogens is 204 g/mol. The van der Waals surface area contributed by atoms with Crippen LogP contribution < -0.4 is 0 Å². The molecule has 2 rings (SSSR count). The van der Waals surface area contributed by atoms with Gasteiger partial charge in [0, 0.05) is 5.57 Å². The SMILES string of the molecule is OC1CCCCC=C1C#Cc1cccs1. The largest absolute Gasteiger partial charge is 0.388 e. The van der Waals surface area contributed by atoms with Crippen molar-refractivity contribution in [3.63, 3.8) is 0 Å². The van der Waals surface area contributed by atoms with Crippen molar-refractivity contribution in [2.75, 3.05) is 0 Å². The highest BCUT2D eigenvalue weighted by Gasteiger charge is 2.10. The molecule has 1 aromatic heterocycles. The van der Waals surface area contributed by atoms with Crippen LogP contribution in [0.1, 0.15) is 30.6 Å². The Morgan fingerprint density at radius 1 is 1.33 bits per heavy atom. The monoisotopic (exact) mass is 218 g/mol. The first kappa shape index (κ1) is 10.5. The zero-order valence-corrected chi connectivity index (χ0v) is 9.39. The van der Waals surface area contributed by atoms with E-state index in [-0.39, 0.29) is 6.10 Å². The van der Waals surface area contributed by atoms with Crippen molar-refractivity contribution in [2.45, 2.75) is 31.8 Å². The third kappa shape index (κ3) is 2.95. The van der Waals surface area contributed by atoms with Crippen molar-refractivity contribution < 1.29 is 5.11 Å². The molecular formula is C13H14OS. The molecule has 1 heterocycles. The fraction of sp³-hybridized carbons (Fsp3) is 0.385. The van der Waals surface area contributed by atoms with Crippen molar-refractivity contribution >= 4 is 11.3 Å². The lowest BCUT2D eigenvalue weighted by Gasteiger charge is -2.05. The molecule has 0 aromatic carbocycles. The summed E-state index contributed by atoms with van der Waals surface area (Å²) in [4.78, 5) is 1.06. The molecule has 0 fully saturated rings. The van der Waals surface area contributed by atoms with E-state index in [2.05, 4.69) is 17.9 Å². The van der Waals surface area contributed by atoms with Gasteiger partial charge >= 0.3 is 0 Å². The number of hydrogen-bond acceptors (Lipinski definition) is 2. The van der Waals surface area contributed by atoms with E-state index in [1.54, 1.807) is 11.3 Å². The second kappa shape index (κ2) is 5.16. The van der Waals surface area contributed by atoms with Gasteiger partial charge in [0.1, 0.15) is 0 Å². The maximum absolute atomic E-state index is 9.81. The average Bonchev–Trinajstić information content (AvgIpc) is 2.67. The molecule has 0 saturated heterocycles. The zero-order valence-electron chi connectivity index (χ0n) is 8.57. The van der Waals surface area contributed by atoms with Gasteiger partial charge in [-0.05, 0) is 30.7 Å². The van der Waals surface area contributed by atoms with E-state index < -0.39 is 0 Å². The minimum atomic E-state index is -0.347. The molecule has 78 valence electrons. The first-order chi connectivity index (χ1) is 7.36. The molecule has 0 aliphatic heterocycles. The Hall–Kier alpha value is -1.04. The quantitative estimate of drug-likeness (QED) is 0.664. The van der Waals surface area contributed by atoms with Gasteiger partial charge in [-0.3, -0.25) is 0 Å². The number of allylic oxidation sites excluding steroid dienone is 1. The molecule has 0 radical (unpaired) electrons. The predicted octanol–water partition coefficient (Wildman–Crippen LogP) is 2.96. The van der Waals surface area contributed by atoms with Gasteiger partial charge in [-0.25, -0.2) is 0 Å². The van der Waals surface area contributed by atoms with Crippen LogP contribution in [-0.4, -0.2) is 11.2 Å². The second-order valence-electron chi connectivity index (χ2n) is 3.69. The van der Waals surface area contributed by atoms with Crippen LogP contribution in [0.4, 0.5) is 0 Å². The number of aliphatic hydroxyl groups is 1. The summed E-state index contributed by atoms with van der Waals surface area (Å²) in [6.45, 7) is 0. The second-order valence-corrected chi connectivity index (χ2v) is 4.63. The maximum Gasteiger partial charge on any atom is 0.0864 e. The fourth-order valence-corrected chi connectivity index (χ4v) is 2.22. The van der Waals surface area contributed by atoms with Gasteiger partial charge in [0.05, 0.1) is 11.0 Å². The Bertz CT molecular complexity index is 392. The van der Waals surface area contributed by atoms with E-state index in [0.29, 0.717) is 0 Å². The van der Waals surface area contributed by atoms with Gasteiger partial charge in [0.2, 0.25) is 0 Å². The Morgan fingerprint density at radius 3 is 3.07 bits per heavy atom.